The molecule has 0 bridgehead atoms. The summed E-state index contributed by atoms with van der Waals surface area (Å²) in [5.41, 5.74) is 7.67. The van der Waals surface area contributed by atoms with Gasteiger partial charge in [-0.25, -0.2) is 4.68 Å². The number of hydrogen-bond donors (Lipinski definition) is 3. The number of hydrogen-bond acceptors (Lipinski definition) is 4. The standard InChI is InChI=1S/C13H26N4O/c1-5-7-17-12(11(14)10(2)16-17)15-9-13(3,4)6-8-18/h15,18H,5-9,14H2,1-4H3. The molecule has 0 spiro atoms. The van der Waals surface area contributed by atoms with Gasteiger partial charge in [0.05, 0.1) is 11.4 Å². The van der Waals surface area contributed by atoms with Crippen LogP contribution in [0.2, 0.25) is 0 Å². The fraction of sp³-hybridized carbons (Fsp3) is 0.769. The van der Waals surface area contributed by atoms with Crippen LogP contribution in [0.25, 0.3) is 0 Å². The molecular formula is C13H26N4O. The summed E-state index contributed by atoms with van der Waals surface area (Å²) in [4.78, 5) is 0. The van der Waals surface area contributed by atoms with E-state index in [-0.39, 0.29) is 12.0 Å². The van der Waals surface area contributed by atoms with Gasteiger partial charge in [0.25, 0.3) is 0 Å². The van der Waals surface area contributed by atoms with Gasteiger partial charge in [-0.05, 0) is 25.2 Å². The smallest absolute Gasteiger partial charge is 0.148 e. The maximum atomic E-state index is 9.03. The summed E-state index contributed by atoms with van der Waals surface area (Å²) in [5, 5.41) is 16.8. The number of aliphatic hydroxyl groups is 1. The molecule has 0 saturated carbocycles. The van der Waals surface area contributed by atoms with Gasteiger partial charge in [0.2, 0.25) is 0 Å². The molecular weight excluding hydrogens is 228 g/mol. The van der Waals surface area contributed by atoms with Crippen molar-refractivity contribution < 1.29 is 5.11 Å². The molecule has 0 saturated heterocycles. The highest BCUT2D eigenvalue weighted by atomic mass is 16.3. The lowest BCUT2D eigenvalue weighted by Crippen LogP contribution is -2.25. The van der Waals surface area contributed by atoms with Gasteiger partial charge in [-0.3, -0.25) is 0 Å². The van der Waals surface area contributed by atoms with Crippen molar-refractivity contribution in [2.24, 2.45) is 5.41 Å². The van der Waals surface area contributed by atoms with Gasteiger partial charge in [0, 0.05) is 19.7 Å². The second kappa shape index (κ2) is 6.09. The zero-order valence-electron chi connectivity index (χ0n) is 12.0. The lowest BCUT2D eigenvalue weighted by Gasteiger charge is -2.24. The first-order chi connectivity index (χ1) is 8.41. The molecule has 104 valence electrons. The van der Waals surface area contributed by atoms with Crippen molar-refractivity contribution in [3.05, 3.63) is 5.69 Å². The number of anilines is 2. The van der Waals surface area contributed by atoms with Crippen molar-refractivity contribution in [3.8, 4) is 0 Å². The second-order valence-corrected chi connectivity index (χ2v) is 5.56. The topological polar surface area (TPSA) is 76.1 Å². The van der Waals surface area contributed by atoms with Crippen LogP contribution >= 0.6 is 0 Å². The van der Waals surface area contributed by atoms with E-state index >= 15 is 0 Å². The number of nitrogen functional groups attached to an aromatic ring is 1. The average molecular weight is 254 g/mol. The van der Waals surface area contributed by atoms with Crippen LogP contribution in [-0.2, 0) is 6.54 Å². The average Bonchev–Trinajstić information content (AvgIpc) is 2.53. The highest BCUT2D eigenvalue weighted by molar-refractivity contribution is 5.64. The van der Waals surface area contributed by atoms with Crippen LogP contribution in [0.15, 0.2) is 0 Å². The van der Waals surface area contributed by atoms with Gasteiger partial charge in [0.1, 0.15) is 5.82 Å². The van der Waals surface area contributed by atoms with Crippen molar-refractivity contribution in [3.63, 3.8) is 0 Å². The summed E-state index contributed by atoms with van der Waals surface area (Å²) in [5.74, 6) is 0.903. The first-order valence-corrected chi connectivity index (χ1v) is 6.59. The van der Waals surface area contributed by atoms with Gasteiger partial charge < -0.3 is 16.2 Å². The Morgan fingerprint density at radius 2 is 2.11 bits per heavy atom. The van der Waals surface area contributed by atoms with E-state index < -0.39 is 0 Å². The molecule has 18 heavy (non-hydrogen) atoms. The summed E-state index contributed by atoms with van der Waals surface area (Å²) in [7, 11) is 0. The summed E-state index contributed by atoms with van der Waals surface area (Å²) in [6.07, 6.45) is 1.79. The van der Waals surface area contributed by atoms with E-state index in [1.807, 2.05) is 11.6 Å². The molecule has 0 aromatic carbocycles. The molecule has 0 aliphatic rings. The fourth-order valence-corrected chi connectivity index (χ4v) is 1.87. The van der Waals surface area contributed by atoms with Crippen LogP contribution in [-0.4, -0.2) is 28.0 Å². The van der Waals surface area contributed by atoms with E-state index in [9.17, 15) is 0 Å². The van der Waals surface area contributed by atoms with E-state index in [2.05, 4.69) is 31.2 Å². The molecule has 4 N–H and O–H groups in total. The van der Waals surface area contributed by atoms with Crippen molar-refractivity contribution in [1.82, 2.24) is 9.78 Å². The minimum atomic E-state index is 0.0381. The highest BCUT2D eigenvalue weighted by Crippen LogP contribution is 2.26. The Kier molecular flexibility index (Phi) is 5.02. The number of nitrogens with zero attached hydrogens (tertiary/aromatic N) is 2. The Morgan fingerprint density at radius 3 is 2.67 bits per heavy atom. The lowest BCUT2D eigenvalue weighted by molar-refractivity contribution is 0.220. The van der Waals surface area contributed by atoms with E-state index in [4.69, 9.17) is 10.8 Å². The molecule has 1 aromatic rings. The molecule has 5 heteroatoms. The van der Waals surface area contributed by atoms with Gasteiger partial charge >= 0.3 is 0 Å². The van der Waals surface area contributed by atoms with E-state index in [1.54, 1.807) is 0 Å². The zero-order valence-corrected chi connectivity index (χ0v) is 12.0. The molecule has 5 nitrogen and oxygen atoms in total. The quantitative estimate of drug-likeness (QED) is 0.695. The van der Waals surface area contributed by atoms with Crippen LogP contribution in [0.3, 0.4) is 0 Å². The number of nitrogens with one attached hydrogen (secondary N) is 1. The number of rotatable bonds is 7. The Labute approximate surface area is 109 Å². The monoisotopic (exact) mass is 254 g/mol. The molecule has 0 unspecified atom stereocenters. The second-order valence-electron chi connectivity index (χ2n) is 5.56. The van der Waals surface area contributed by atoms with Gasteiger partial charge in [0.15, 0.2) is 0 Å². The Balaban J connectivity index is 2.77. The molecule has 0 amide bonds. The first kappa shape index (κ1) is 14.8. The van der Waals surface area contributed by atoms with E-state index in [0.29, 0.717) is 0 Å². The van der Waals surface area contributed by atoms with Gasteiger partial charge in [-0.1, -0.05) is 20.8 Å². The summed E-state index contributed by atoms with van der Waals surface area (Å²) in [6, 6.07) is 0. The van der Waals surface area contributed by atoms with Gasteiger partial charge in [-0.15, -0.1) is 0 Å². The largest absolute Gasteiger partial charge is 0.396 e. The molecule has 0 radical (unpaired) electrons. The Hall–Kier alpha value is -1.23. The fourth-order valence-electron chi connectivity index (χ4n) is 1.87. The van der Waals surface area contributed by atoms with Crippen LogP contribution < -0.4 is 11.1 Å². The minimum Gasteiger partial charge on any atom is -0.396 e. The number of aromatic nitrogens is 2. The third kappa shape index (κ3) is 3.63. The predicted molar refractivity (Wildman–Crippen MR) is 75.6 cm³/mol. The van der Waals surface area contributed by atoms with Crippen LogP contribution in [0.5, 0.6) is 0 Å². The molecule has 1 heterocycles. The third-order valence-corrected chi connectivity index (χ3v) is 3.13. The third-order valence-electron chi connectivity index (χ3n) is 3.13. The normalized spacial score (nSPS) is 11.8. The number of aryl methyl sites for hydroxylation is 2. The molecule has 0 aliphatic carbocycles. The Morgan fingerprint density at radius 1 is 1.44 bits per heavy atom. The van der Waals surface area contributed by atoms with Crippen molar-refractivity contribution >= 4 is 11.5 Å². The molecule has 0 atom stereocenters. The summed E-state index contributed by atoms with van der Waals surface area (Å²) >= 11 is 0. The first-order valence-electron chi connectivity index (χ1n) is 6.59. The zero-order chi connectivity index (χ0) is 13.8. The molecule has 0 aliphatic heterocycles. The number of nitrogens with two attached hydrogens (primary N) is 1. The SMILES string of the molecule is CCCn1nc(C)c(N)c1NCC(C)(C)CCO. The van der Waals surface area contributed by atoms with Gasteiger partial charge in [-0.2, -0.15) is 5.10 Å². The van der Waals surface area contributed by atoms with Crippen LogP contribution in [0.4, 0.5) is 11.5 Å². The van der Waals surface area contributed by atoms with Crippen LogP contribution in [0, 0.1) is 12.3 Å². The molecule has 0 fully saturated rings. The Bertz CT molecular complexity index is 385. The lowest BCUT2D eigenvalue weighted by atomic mass is 9.90. The predicted octanol–water partition coefficient (Wildman–Crippen LogP) is 2.00. The van der Waals surface area contributed by atoms with Crippen molar-refractivity contribution in [2.45, 2.75) is 47.1 Å². The maximum Gasteiger partial charge on any atom is 0.148 e. The molecule has 1 aromatic heterocycles. The maximum absolute atomic E-state index is 9.03. The van der Waals surface area contributed by atoms with Crippen molar-refractivity contribution in [1.29, 1.82) is 0 Å². The highest BCUT2D eigenvalue weighted by Gasteiger charge is 2.19. The minimum absolute atomic E-state index is 0.0381. The van der Waals surface area contributed by atoms with Crippen molar-refractivity contribution in [2.75, 3.05) is 24.2 Å². The summed E-state index contributed by atoms with van der Waals surface area (Å²) in [6.45, 7) is 10.1. The molecule has 1 rings (SSSR count). The van der Waals surface area contributed by atoms with E-state index in [0.717, 1.165) is 43.1 Å². The van der Waals surface area contributed by atoms with Crippen LogP contribution in [0.1, 0.15) is 39.3 Å². The van der Waals surface area contributed by atoms with E-state index in [1.165, 1.54) is 0 Å². The number of aliphatic hydroxyl groups excluding tert-OH is 1. The summed E-state index contributed by atoms with van der Waals surface area (Å²) < 4.78 is 1.93.